The van der Waals surface area contributed by atoms with Gasteiger partial charge in [0.2, 0.25) is 0 Å². The van der Waals surface area contributed by atoms with Crippen molar-refractivity contribution >= 4 is 17.5 Å². The molecule has 0 aliphatic rings. The third-order valence-corrected chi connectivity index (χ3v) is 2.74. The van der Waals surface area contributed by atoms with Gasteiger partial charge in [0.05, 0.1) is 10.6 Å². The second-order valence-electron chi connectivity index (χ2n) is 3.63. The number of amides is 1. The van der Waals surface area contributed by atoms with Gasteiger partial charge in [-0.2, -0.15) is 0 Å². The first-order valence-corrected chi connectivity index (χ1v) is 5.67. The van der Waals surface area contributed by atoms with E-state index in [2.05, 4.69) is 10.3 Å². The van der Waals surface area contributed by atoms with Gasteiger partial charge in [0.15, 0.2) is 0 Å². The molecule has 5 heteroatoms. The number of carbonyl (C=O) groups excluding carboxylic acids is 1. The summed E-state index contributed by atoms with van der Waals surface area (Å²) < 4.78 is 13.3. The number of hydrogen-bond donors (Lipinski definition) is 1. The van der Waals surface area contributed by atoms with Crippen LogP contribution in [0.3, 0.4) is 0 Å². The Morgan fingerprint density at radius 2 is 2.11 bits per heavy atom. The summed E-state index contributed by atoms with van der Waals surface area (Å²) in [6.07, 6.45) is 2.87. The molecular weight excluding hydrogens is 255 g/mol. The van der Waals surface area contributed by atoms with E-state index in [1.165, 1.54) is 24.5 Å². The predicted molar refractivity (Wildman–Crippen MR) is 66.8 cm³/mol. The molecule has 0 spiro atoms. The van der Waals surface area contributed by atoms with Crippen molar-refractivity contribution in [3.05, 3.63) is 64.7 Å². The number of aromatic nitrogens is 1. The smallest absolute Gasteiger partial charge is 0.254 e. The molecule has 1 aromatic carbocycles. The number of benzene rings is 1. The highest BCUT2D eigenvalue weighted by atomic mass is 35.5. The molecule has 92 valence electrons. The van der Waals surface area contributed by atoms with E-state index < -0.39 is 0 Å². The molecule has 2 rings (SSSR count). The molecule has 18 heavy (non-hydrogen) atoms. The number of hydrogen-bond acceptors (Lipinski definition) is 2. The fourth-order valence-corrected chi connectivity index (χ4v) is 1.65. The molecule has 2 aromatic rings. The van der Waals surface area contributed by atoms with Gasteiger partial charge in [0.1, 0.15) is 5.82 Å². The van der Waals surface area contributed by atoms with E-state index >= 15 is 0 Å². The maximum absolute atomic E-state index is 13.3. The Labute approximate surface area is 109 Å². The zero-order valence-corrected chi connectivity index (χ0v) is 10.1. The van der Waals surface area contributed by atoms with Crippen molar-refractivity contribution in [2.75, 3.05) is 0 Å². The highest BCUT2D eigenvalue weighted by molar-refractivity contribution is 6.33. The lowest BCUT2D eigenvalue weighted by Crippen LogP contribution is -2.23. The van der Waals surface area contributed by atoms with Gasteiger partial charge in [0.25, 0.3) is 5.91 Å². The van der Waals surface area contributed by atoms with Gasteiger partial charge in [0, 0.05) is 24.5 Å². The minimum absolute atomic E-state index is 0.108. The average molecular weight is 265 g/mol. The van der Waals surface area contributed by atoms with Crippen molar-refractivity contribution in [2.24, 2.45) is 0 Å². The Morgan fingerprint density at radius 3 is 2.83 bits per heavy atom. The van der Waals surface area contributed by atoms with E-state index in [0.717, 1.165) is 0 Å². The quantitative estimate of drug-likeness (QED) is 0.926. The molecule has 0 unspecified atom stereocenters. The van der Waals surface area contributed by atoms with Gasteiger partial charge in [-0.3, -0.25) is 9.78 Å². The second-order valence-corrected chi connectivity index (χ2v) is 4.04. The summed E-state index contributed by atoms with van der Waals surface area (Å²) in [5.74, 6) is -0.730. The van der Waals surface area contributed by atoms with Crippen molar-refractivity contribution in [1.29, 1.82) is 0 Å². The van der Waals surface area contributed by atoms with Crippen molar-refractivity contribution in [2.45, 2.75) is 6.54 Å². The van der Waals surface area contributed by atoms with E-state index in [1.807, 2.05) is 0 Å². The Hall–Kier alpha value is -1.94. The van der Waals surface area contributed by atoms with Crippen molar-refractivity contribution in [1.82, 2.24) is 10.3 Å². The van der Waals surface area contributed by atoms with E-state index in [-0.39, 0.29) is 23.8 Å². The van der Waals surface area contributed by atoms with Crippen LogP contribution in [0.25, 0.3) is 0 Å². The number of nitrogens with zero attached hydrogens (tertiary/aromatic N) is 1. The van der Waals surface area contributed by atoms with Crippen molar-refractivity contribution < 1.29 is 9.18 Å². The molecule has 0 saturated carbocycles. The maximum Gasteiger partial charge on any atom is 0.254 e. The normalized spacial score (nSPS) is 10.1. The monoisotopic (exact) mass is 264 g/mol. The summed E-state index contributed by atoms with van der Waals surface area (Å²) in [7, 11) is 0. The standard InChI is InChI=1S/C13H10ClFN2O/c14-11-5-6-16-8-10(11)13(18)17-7-9-3-1-2-4-12(9)15/h1-6,8H,7H2,(H,17,18). The average Bonchev–Trinajstić information content (AvgIpc) is 2.38. The van der Waals surface area contributed by atoms with Gasteiger partial charge in [-0.1, -0.05) is 29.8 Å². The van der Waals surface area contributed by atoms with E-state index in [4.69, 9.17) is 11.6 Å². The van der Waals surface area contributed by atoms with Crippen LogP contribution in [-0.2, 0) is 6.54 Å². The lowest BCUT2D eigenvalue weighted by molar-refractivity contribution is 0.0950. The third kappa shape index (κ3) is 2.84. The zero-order valence-electron chi connectivity index (χ0n) is 9.36. The van der Waals surface area contributed by atoms with Gasteiger partial charge >= 0.3 is 0 Å². The van der Waals surface area contributed by atoms with Crippen LogP contribution in [0.2, 0.25) is 5.02 Å². The van der Waals surface area contributed by atoms with Crippen LogP contribution in [0.4, 0.5) is 4.39 Å². The van der Waals surface area contributed by atoms with Crippen LogP contribution >= 0.6 is 11.6 Å². The topological polar surface area (TPSA) is 42.0 Å². The molecule has 3 nitrogen and oxygen atoms in total. The number of nitrogens with one attached hydrogen (secondary N) is 1. The molecule has 0 aliphatic carbocycles. The summed E-state index contributed by atoms with van der Waals surface area (Å²) in [5.41, 5.74) is 0.696. The Morgan fingerprint density at radius 1 is 1.33 bits per heavy atom. The predicted octanol–water partition coefficient (Wildman–Crippen LogP) is 2.80. The van der Waals surface area contributed by atoms with Crippen molar-refractivity contribution in [3.8, 4) is 0 Å². The number of pyridine rings is 1. The first-order chi connectivity index (χ1) is 8.68. The van der Waals surface area contributed by atoms with Crippen LogP contribution in [0.15, 0.2) is 42.7 Å². The first-order valence-electron chi connectivity index (χ1n) is 5.29. The summed E-state index contributed by atoms with van der Waals surface area (Å²) >= 11 is 5.86. The van der Waals surface area contributed by atoms with Gasteiger partial charge in [-0.15, -0.1) is 0 Å². The van der Waals surface area contributed by atoms with E-state index in [9.17, 15) is 9.18 Å². The molecule has 0 saturated heterocycles. The number of rotatable bonds is 3. The molecule has 1 N–H and O–H groups in total. The second kappa shape index (κ2) is 5.60. The Kier molecular flexibility index (Phi) is 3.89. The summed E-state index contributed by atoms with van der Waals surface area (Å²) in [6.45, 7) is 0.108. The molecule has 0 aliphatic heterocycles. The summed E-state index contributed by atoms with van der Waals surface area (Å²) in [4.78, 5) is 15.6. The van der Waals surface area contributed by atoms with Crippen molar-refractivity contribution in [3.63, 3.8) is 0 Å². The van der Waals surface area contributed by atoms with Crippen LogP contribution in [0, 0.1) is 5.82 Å². The van der Waals surface area contributed by atoms with Crippen LogP contribution in [0.1, 0.15) is 15.9 Å². The first kappa shape index (κ1) is 12.5. The molecule has 0 atom stereocenters. The van der Waals surface area contributed by atoms with E-state index in [0.29, 0.717) is 10.6 Å². The van der Waals surface area contributed by atoms with E-state index in [1.54, 1.807) is 18.2 Å². The fourth-order valence-electron chi connectivity index (χ4n) is 1.46. The largest absolute Gasteiger partial charge is 0.348 e. The zero-order chi connectivity index (χ0) is 13.0. The fraction of sp³-hybridized carbons (Fsp3) is 0.0769. The van der Waals surface area contributed by atoms with Crippen LogP contribution in [-0.4, -0.2) is 10.9 Å². The van der Waals surface area contributed by atoms with Gasteiger partial charge in [-0.05, 0) is 12.1 Å². The highest BCUT2D eigenvalue weighted by Gasteiger charge is 2.10. The molecular formula is C13H10ClFN2O. The van der Waals surface area contributed by atoms with Crippen LogP contribution in [0.5, 0.6) is 0 Å². The Balaban J connectivity index is 2.06. The SMILES string of the molecule is O=C(NCc1ccccc1F)c1cnccc1Cl. The lowest BCUT2D eigenvalue weighted by atomic mass is 10.2. The highest BCUT2D eigenvalue weighted by Crippen LogP contribution is 2.13. The maximum atomic E-state index is 13.3. The van der Waals surface area contributed by atoms with Gasteiger partial charge in [-0.25, -0.2) is 4.39 Å². The number of halogens is 2. The molecule has 0 fully saturated rings. The minimum atomic E-state index is -0.378. The Bertz CT molecular complexity index is 574. The molecule has 0 bridgehead atoms. The molecule has 1 amide bonds. The van der Waals surface area contributed by atoms with Crippen LogP contribution < -0.4 is 5.32 Å². The summed E-state index contributed by atoms with van der Waals surface area (Å²) in [6, 6.07) is 7.79. The lowest BCUT2D eigenvalue weighted by Gasteiger charge is -2.06. The number of carbonyl (C=O) groups is 1. The molecule has 1 aromatic heterocycles. The molecule has 0 radical (unpaired) electrons. The third-order valence-electron chi connectivity index (χ3n) is 2.41. The minimum Gasteiger partial charge on any atom is -0.348 e. The van der Waals surface area contributed by atoms with Gasteiger partial charge < -0.3 is 5.32 Å². The molecule has 1 heterocycles. The summed E-state index contributed by atoms with van der Waals surface area (Å²) in [5, 5.41) is 2.91.